The van der Waals surface area contributed by atoms with Crippen LogP contribution >= 0.6 is 0 Å². The third-order valence-corrected chi connectivity index (χ3v) is 6.43. The summed E-state index contributed by atoms with van der Waals surface area (Å²) >= 11 is 0. The number of sulfonamides is 1. The van der Waals surface area contributed by atoms with Gasteiger partial charge in [0, 0.05) is 6.54 Å². The lowest BCUT2D eigenvalue weighted by atomic mass is 10.3. The Hall–Kier alpha value is -2.59. The molecule has 0 saturated heterocycles. The van der Waals surface area contributed by atoms with Gasteiger partial charge in [0.25, 0.3) is 10.0 Å². The lowest BCUT2D eigenvalue weighted by Crippen LogP contribution is -2.41. The number of hydrogen-bond donors (Lipinski definition) is 2. The van der Waals surface area contributed by atoms with E-state index in [-0.39, 0.29) is 22.1 Å². The number of rotatable bonds is 7. The molecule has 140 valence electrons. The van der Waals surface area contributed by atoms with Gasteiger partial charge < -0.3 is 10.1 Å². The minimum atomic E-state index is -4.01. The van der Waals surface area contributed by atoms with Crippen molar-refractivity contribution < 1.29 is 26.4 Å². The predicted octanol–water partition coefficient (Wildman–Crippen LogP) is 1.16. The average molecular weight is 398 g/mol. The van der Waals surface area contributed by atoms with E-state index in [2.05, 4.69) is 5.32 Å². The topological polar surface area (TPSA) is 119 Å². The molecule has 0 aliphatic rings. The van der Waals surface area contributed by atoms with E-state index in [9.17, 15) is 21.6 Å². The van der Waals surface area contributed by atoms with Gasteiger partial charge in [0.15, 0.2) is 9.84 Å². The fourth-order valence-corrected chi connectivity index (χ4v) is 4.12. The number of ether oxygens (including phenoxy) is 1. The molecule has 26 heavy (non-hydrogen) atoms. The van der Waals surface area contributed by atoms with Crippen molar-refractivity contribution >= 4 is 25.9 Å². The van der Waals surface area contributed by atoms with Crippen molar-refractivity contribution in [2.24, 2.45) is 0 Å². The summed E-state index contributed by atoms with van der Waals surface area (Å²) in [6.07, 6.45) is 0. The maximum absolute atomic E-state index is 12.2. The van der Waals surface area contributed by atoms with Gasteiger partial charge in [-0.15, -0.1) is 0 Å². The van der Waals surface area contributed by atoms with Crippen LogP contribution in [0.25, 0.3) is 0 Å². The van der Waals surface area contributed by atoms with Crippen LogP contribution in [0.15, 0.2) is 64.4 Å². The first-order valence-electron chi connectivity index (χ1n) is 7.47. The molecule has 0 bridgehead atoms. The summed E-state index contributed by atoms with van der Waals surface area (Å²) in [7, 11) is -6.17. The first-order valence-corrected chi connectivity index (χ1v) is 10.6. The SMILES string of the molecule is COc1ccc(S(=O)(=O)CCNC(=O)NS(=O)(=O)c2ccccc2)cc1. The Morgan fingerprint density at radius 1 is 0.923 bits per heavy atom. The summed E-state index contributed by atoms with van der Waals surface area (Å²) in [5.74, 6) is 0.144. The first kappa shape index (κ1) is 19.7. The fourth-order valence-electron chi connectivity index (χ4n) is 2.02. The molecule has 0 spiro atoms. The molecular formula is C16H18N2O6S2. The van der Waals surface area contributed by atoms with Crippen LogP contribution in [0, 0.1) is 0 Å². The van der Waals surface area contributed by atoms with Crippen LogP contribution in [0.5, 0.6) is 5.75 Å². The maximum Gasteiger partial charge on any atom is 0.328 e. The Labute approximate surface area is 152 Å². The van der Waals surface area contributed by atoms with Gasteiger partial charge >= 0.3 is 6.03 Å². The number of methoxy groups -OCH3 is 1. The van der Waals surface area contributed by atoms with E-state index in [1.165, 1.54) is 55.6 Å². The van der Waals surface area contributed by atoms with Gasteiger partial charge in [0.2, 0.25) is 0 Å². The second-order valence-electron chi connectivity index (χ2n) is 5.17. The van der Waals surface area contributed by atoms with E-state index in [1.807, 2.05) is 4.72 Å². The average Bonchev–Trinajstić information content (AvgIpc) is 2.62. The standard InChI is InChI=1S/C16H18N2O6S2/c1-24-13-7-9-14(10-8-13)25(20,21)12-11-17-16(19)18-26(22,23)15-5-3-2-4-6-15/h2-10H,11-12H2,1H3,(H2,17,18,19). The van der Waals surface area contributed by atoms with E-state index in [0.29, 0.717) is 5.75 Å². The Bertz CT molecular complexity index is 956. The van der Waals surface area contributed by atoms with Gasteiger partial charge in [-0.1, -0.05) is 18.2 Å². The molecule has 2 aromatic rings. The predicted molar refractivity (Wildman–Crippen MR) is 95.2 cm³/mol. The summed E-state index contributed by atoms with van der Waals surface area (Å²) in [5, 5.41) is 2.22. The molecule has 0 saturated carbocycles. The number of sulfone groups is 1. The van der Waals surface area contributed by atoms with E-state index in [0.717, 1.165) is 0 Å². The second kappa shape index (κ2) is 8.19. The van der Waals surface area contributed by atoms with Crippen molar-refractivity contribution in [2.75, 3.05) is 19.4 Å². The zero-order chi connectivity index (χ0) is 19.2. The maximum atomic E-state index is 12.2. The minimum absolute atomic E-state index is 0.0685. The lowest BCUT2D eigenvalue weighted by Gasteiger charge is -2.09. The van der Waals surface area contributed by atoms with Gasteiger partial charge in [-0.2, -0.15) is 0 Å². The normalized spacial score (nSPS) is 11.6. The highest BCUT2D eigenvalue weighted by Crippen LogP contribution is 2.16. The molecule has 2 N–H and O–H groups in total. The molecule has 8 nitrogen and oxygen atoms in total. The molecule has 0 atom stereocenters. The highest BCUT2D eigenvalue weighted by Gasteiger charge is 2.18. The van der Waals surface area contributed by atoms with Crippen LogP contribution in [0.3, 0.4) is 0 Å². The summed E-state index contributed by atoms with van der Waals surface area (Å²) < 4.78 is 55.1. The van der Waals surface area contributed by atoms with E-state index >= 15 is 0 Å². The molecule has 0 heterocycles. The van der Waals surface area contributed by atoms with E-state index < -0.39 is 25.9 Å². The van der Waals surface area contributed by atoms with Crippen LogP contribution in [0.4, 0.5) is 4.79 Å². The van der Waals surface area contributed by atoms with E-state index in [1.54, 1.807) is 6.07 Å². The molecule has 2 aromatic carbocycles. The van der Waals surface area contributed by atoms with Crippen molar-refractivity contribution in [2.45, 2.75) is 9.79 Å². The molecule has 0 unspecified atom stereocenters. The number of nitrogens with one attached hydrogen (secondary N) is 2. The Balaban J connectivity index is 1.91. The molecule has 2 amide bonds. The third kappa shape index (κ3) is 5.20. The molecule has 0 fully saturated rings. The number of carbonyl (C=O) groups is 1. The molecule has 0 aliphatic heterocycles. The summed E-state index contributed by atoms with van der Waals surface area (Å²) in [6, 6.07) is 12.2. The fraction of sp³-hybridized carbons (Fsp3) is 0.188. The highest BCUT2D eigenvalue weighted by atomic mass is 32.2. The summed E-state index contributed by atoms with van der Waals surface area (Å²) in [4.78, 5) is 11.7. The van der Waals surface area contributed by atoms with Gasteiger partial charge in [-0.25, -0.2) is 26.4 Å². The van der Waals surface area contributed by atoms with Crippen molar-refractivity contribution in [3.8, 4) is 5.75 Å². The van der Waals surface area contributed by atoms with E-state index in [4.69, 9.17) is 4.74 Å². The van der Waals surface area contributed by atoms with Gasteiger partial charge in [-0.05, 0) is 36.4 Å². The third-order valence-electron chi connectivity index (χ3n) is 3.36. The molecule has 0 aromatic heterocycles. The summed E-state index contributed by atoms with van der Waals surface area (Å²) in [5.41, 5.74) is 0. The molecule has 2 rings (SSSR count). The van der Waals surface area contributed by atoms with Gasteiger partial charge in [0.05, 0.1) is 22.7 Å². The largest absolute Gasteiger partial charge is 0.497 e. The van der Waals surface area contributed by atoms with Gasteiger partial charge in [0.1, 0.15) is 5.75 Å². The van der Waals surface area contributed by atoms with Crippen molar-refractivity contribution in [1.82, 2.24) is 10.0 Å². The Morgan fingerprint density at radius 3 is 2.12 bits per heavy atom. The molecule has 0 aliphatic carbocycles. The van der Waals surface area contributed by atoms with Crippen molar-refractivity contribution in [1.29, 1.82) is 0 Å². The van der Waals surface area contributed by atoms with Crippen LogP contribution < -0.4 is 14.8 Å². The summed E-state index contributed by atoms with van der Waals surface area (Å²) in [6.45, 7) is -0.246. The molecule has 10 heteroatoms. The minimum Gasteiger partial charge on any atom is -0.497 e. The monoisotopic (exact) mass is 398 g/mol. The van der Waals surface area contributed by atoms with Crippen molar-refractivity contribution in [3.63, 3.8) is 0 Å². The molecular weight excluding hydrogens is 380 g/mol. The number of hydrogen-bond acceptors (Lipinski definition) is 6. The lowest BCUT2D eigenvalue weighted by molar-refractivity contribution is 0.246. The zero-order valence-corrected chi connectivity index (χ0v) is 15.5. The smallest absolute Gasteiger partial charge is 0.328 e. The van der Waals surface area contributed by atoms with Crippen LogP contribution in [-0.2, 0) is 19.9 Å². The Kier molecular flexibility index (Phi) is 6.22. The molecule has 0 radical (unpaired) electrons. The highest BCUT2D eigenvalue weighted by molar-refractivity contribution is 7.91. The number of urea groups is 1. The van der Waals surface area contributed by atoms with Crippen LogP contribution in [-0.4, -0.2) is 42.3 Å². The second-order valence-corrected chi connectivity index (χ2v) is 8.96. The zero-order valence-electron chi connectivity index (χ0n) is 13.9. The number of carbonyl (C=O) groups excluding carboxylic acids is 1. The number of amides is 2. The Morgan fingerprint density at radius 2 is 1.54 bits per heavy atom. The van der Waals surface area contributed by atoms with Crippen molar-refractivity contribution in [3.05, 3.63) is 54.6 Å². The number of benzene rings is 2. The van der Waals surface area contributed by atoms with Crippen LogP contribution in [0.1, 0.15) is 0 Å². The quantitative estimate of drug-likeness (QED) is 0.722. The van der Waals surface area contributed by atoms with Crippen LogP contribution in [0.2, 0.25) is 0 Å². The van der Waals surface area contributed by atoms with Gasteiger partial charge in [-0.3, -0.25) is 0 Å². The first-order chi connectivity index (χ1) is 12.2.